The summed E-state index contributed by atoms with van der Waals surface area (Å²) in [5.41, 5.74) is 0. The maximum atomic E-state index is 4.75. The molecule has 1 N–H and O–H groups in total. The Balaban J connectivity index is 1.69. The highest BCUT2D eigenvalue weighted by molar-refractivity contribution is 8.42. The van der Waals surface area contributed by atoms with Gasteiger partial charge in [-0.3, -0.25) is 0 Å². The van der Waals surface area contributed by atoms with E-state index in [1.54, 1.807) is 0 Å². The van der Waals surface area contributed by atoms with Crippen LogP contribution < -0.4 is 0 Å². The van der Waals surface area contributed by atoms with Gasteiger partial charge in [-0.2, -0.15) is 0 Å². The standard InChI is InChI=1S/C16H22N2S6/c1-4-7-10-17-11-12(18-10)22-15(21-11)16-23-13(19-8-5-2)14(24-16)20-9-6-3/h4-9H2,1-3H3,(H,17,18). The molecule has 2 nitrogen and oxygen atoms in total. The van der Waals surface area contributed by atoms with E-state index in [4.69, 9.17) is 4.98 Å². The second-order valence-corrected chi connectivity index (χ2v) is 12.6. The van der Waals surface area contributed by atoms with Crippen molar-refractivity contribution in [3.05, 3.63) is 22.8 Å². The van der Waals surface area contributed by atoms with Crippen molar-refractivity contribution in [2.75, 3.05) is 11.5 Å². The third-order valence-electron chi connectivity index (χ3n) is 3.14. The molecule has 8 heteroatoms. The SMILES string of the molecule is CCCSC1=C(SCCC)SC(=C2Sc3nc(CCC)[nH]c3S2)S1. The monoisotopic (exact) mass is 434 g/mol. The fraction of sp³-hybridized carbons (Fsp3) is 0.562. The number of aromatic amines is 1. The lowest BCUT2D eigenvalue weighted by atomic mass is 10.3. The van der Waals surface area contributed by atoms with E-state index in [2.05, 4.69) is 25.8 Å². The van der Waals surface area contributed by atoms with E-state index < -0.39 is 0 Å². The summed E-state index contributed by atoms with van der Waals surface area (Å²) in [6.07, 6.45) is 4.65. The molecule has 0 amide bonds. The van der Waals surface area contributed by atoms with Crippen molar-refractivity contribution in [1.82, 2.24) is 9.97 Å². The van der Waals surface area contributed by atoms with Crippen molar-refractivity contribution in [3.63, 3.8) is 0 Å². The number of H-pyrrole nitrogens is 1. The van der Waals surface area contributed by atoms with Crippen LogP contribution in [-0.4, -0.2) is 21.5 Å². The van der Waals surface area contributed by atoms with Crippen LogP contribution in [-0.2, 0) is 6.42 Å². The predicted molar refractivity (Wildman–Crippen MR) is 119 cm³/mol. The maximum Gasteiger partial charge on any atom is 0.134 e. The van der Waals surface area contributed by atoms with Gasteiger partial charge in [-0.25, -0.2) is 4.98 Å². The smallest absolute Gasteiger partial charge is 0.134 e. The van der Waals surface area contributed by atoms with Gasteiger partial charge in [0.05, 0.1) is 16.9 Å². The van der Waals surface area contributed by atoms with Crippen LogP contribution in [0.25, 0.3) is 0 Å². The number of hydrogen-bond acceptors (Lipinski definition) is 7. The van der Waals surface area contributed by atoms with Gasteiger partial charge in [0.1, 0.15) is 15.9 Å². The first-order valence-corrected chi connectivity index (χ1v) is 13.5. The molecule has 2 aliphatic rings. The highest BCUT2D eigenvalue weighted by atomic mass is 32.3. The minimum absolute atomic E-state index is 1.04. The van der Waals surface area contributed by atoms with Crippen LogP contribution in [0, 0.1) is 0 Å². The Morgan fingerprint density at radius 2 is 1.46 bits per heavy atom. The van der Waals surface area contributed by atoms with Gasteiger partial charge >= 0.3 is 0 Å². The fourth-order valence-electron chi connectivity index (χ4n) is 2.09. The van der Waals surface area contributed by atoms with E-state index in [-0.39, 0.29) is 0 Å². The zero-order valence-electron chi connectivity index (χ0n) is 14.1. The second-order valence-electron chi connectivity index (χ2n) is 5.32. The summed E-state index contributed by atoms with van der Waals surface area (Å²) in [5, 5.41) is 2.41. The topological polar surface area (TPSA) is 28.7 Å². The minimum atomic E-state index is 1.04. The molecule has 0 atom stereocenters. The first-order chi connectivity index (χ1) is 11.7. The third kappa shape index (κ3) is 4.74. The van der Waals surface area contributed by atoms with Crippen molar-refractivity contribution in [2.45, 2.75) is 56.5 Å². The average molecular weight is 435 g/mol. The molecule has 3 heterocycles. The summed E-state index contributed by atoms with van der Waals surface area (Å²) >= 11 is 11.7. The van der Waals surface area contributed by atoms with Gasteiger partial charge in [-0.1, -0.05) is 67.8 Å². The van der Waals surface area contributed by atoms with Crippen LogP contribution in [0.1, 0.15) is 45.9 Å². The van der Waals surface area contributed by atoms with Gasteiger partial charge in [-0.05, 0) is 30.8 Å². The molecule has 1 aromatic rings. The van der Waals surface area contributed by atoms with Crippen molar-refractivity contribution >= 4 is 70.6 Å². The number of aryl methyl sites for hydroxylation is 1. The van der Waals surface area contributed by atoms with E-state index in [1.807, 2.05) is 70.6 Å². The lowest BCUT2D eigenvalue weighted by molar-refractivity contribution is 0.846. The molecule has 3 rings (SSSR count). The fourth-order valence-corrected chi connectivity index (χ4v) is 10.5. The highest BCUT2D eigenvalue weighted by Crippen LogP contribution is 2.63. The van der Waals surface area contributed by atoms with E-state index in [0.717, 1.165) is 18.7 Å². The molecule has 0 radical (unpaired) electrons. The van der Waals surface area contributed by atoms with Crippen molar-refractivity contribution in [2.24, 2.45) is 0 Å². The second kappa shape index (κ2) is 9.65. The molecule has 132 valence electrons. The molecule has 0 saturated heterocycles. The number of imidazole rings is 1. The number of fused-ring (bicyclic) bond motifs is 1. The molecule has 0 bridgehead atoms. The summed E-state index contributed by atoms with van der Waals surface area (Å²) in [6, 6.07) is 0. The molecule has 24 heavy (non-hydrogen) atoms. The zero-order valence-corrected chi connectivity index (χ0v) is 19.0. The Morgan fingerprint density at radius 3 is 2.00 bits per heavy atom. The molecular weight excluding hydrogens is 413 g/mol. The molecule has 0 saturated carbocycles. The van der Waals surface area contributed by atoms with Crippen LogP contribution in [0.3, 0.4) is 0 Å². The van der Waals surface area contributed by atoms with E-state index in [9.17, 15) is 0 Å². The van der Waals surface area contributed by atoms with Crippen molar-refractivity contribution in [1.29, 1.82) is 0 Å². The van der Waals surface area contributed by atoms with Gasteiger partial charge in [-0.15, -0.1) is 23.5 Å². The maximum absolute atomic E-state index is 4.75. The number of nitrogens with one attached hydrogen (secondary N) is 1. The first kappa shape index (κ1) is 19.5. The molecule has 0 unspecified atom stereocenters. The van der Waals surface area contributed by atoms with E-state index in [0.29, 0.717) is 0 Å². The number of hydrogen-bond donors (Lipinski definition) is 1. The Bertz CT molecular complexity index is 601. The third-order valence-corrected chi connectivity index (χ3v) is 12.0. The Morgan fingerprint density at radius 1 is 0.833 bits per heavy atom. The highest BCUT2D eigenvalue weighted by Gasteiger charge is 2.30. The summed E-state index contributed by atoms with van der Waals surface area (Å²) in [7, 11) is 0. The quantitative estimate of drug-likeness (QED) is 0.451. The number of rotatable bonds is 8. The number of nitrogens with zero attached hydrogens (tertiary/aromatic N) is 1. The Hall–Kier alpha value is 0.790. The van der Waals surface area contributed by atoms with Gasteiger partial charge in [0.15, 0.2) is 0 Å². The zero-order chi connectivity index (χ0) is 16.9. The predicted octanol–water partition coefficient (Wildman–Crippen LogP) is 7.58. The first-order valence-electron chi connectivity index (χ1n) is 8.29. The van der Waals surface area contributed by atoms with Crippen molar-refractivity contribution < 1.29 is 0 Å². The molecule has 0 aromatic carbocycles. The van der Waals surface area contributed by atoms with Crippen LogP contribution in [0.4, 0.5) is 0 Å². The summed E-state index contributed by atoms with van der Waals surface area (Å²) < 4.78 is 5.88. The number of aromatic nitrogens is 2. The van der Waals surface area contributed by atoms with Crippen molar-refractivity contribution in [3.8, 4) is 0 Å². The largest absolute Gasteiger partial charge is 0.336 e. The lowest BCUT2D eigenvalue weighted by Gasteiger charge is -2.02. The summed E-state index contributed by atoms with van der Waals surface area (Å²) in [4.78, 5) is 8.24. The Kier molecular flexibility index (Phi) is 7.86. The molecule has 0 aliphatic carbocycles. The van der Waals surface area contributed by atoms with Crippen LogP contribution in [0.2, 0.25) is 0 Å². The molecule has 2 aliphatic heterocycles. The summed E-state index contributed by atoms with van der Waals surface area (Å²) in [6.45, 7) is 6.71. The Labute approximate surface area is 170 Å². The van der Waals surface area contributed by atoms with Gasteiger partial charge in [0, 0.05) is 6.42 Å². The summed E-state index contributed by atoms with van der Waals surface area (Å²) in [5.74, 6) is 3.56. The van der Waals surface area contributed by atoms with E-state index in [1.165, 1.54) is 51.3 Å². The minimum Gasteiger partial charge on any atom is -0.336 e. The van der Waals surface area contributed by atoms with Crippen LogP contribution >= 0.6 is 70.6 Å². The normalized spacial score (nSPS) is 17.3. The van der Waals surface area contributed by atoms with Gasteiger partial charge in [0.2, 0.25) is 0 Å². The van der Waals surface area contributed by atoms with Gasteiger partial charge in [0.25, 0.3) is 0 Å². The van der Waals surface area contributed by atoms with Crippen LogP contribution in [0.15, 0.2) is 27.0 Å². The van der Waals surface area contributed by atoms with Crippen LogP contribution in [0.5, 0.6) is 0 Å². The number of thioether (sulfide) groups is 6. The lowest BCUT2D eigenvalue weighted by Crippen LogP contribution is -1.85. The average Bonchev–Trinajstić information content (AvgIpc) is 3.23. The molecular formula is C16H22N2S6. The van der Waals surface area contributed by atoms with Gasteiger partial charge < -0.3 is 4.98 Å². The molecule has 0 spiro atoms. The molecule has 0 fully saturated rings. The van der Waals surface area contributed by atoms with E-state index >= 15 is 0 Å². The molecule has 1 aromatic heterocycles.